The number of carbonyl (C=O) groups is 2. The van der Waals surface area contributed by atoms with Gasteiger partial charge in [0, 0.05) is 21.7 Å². The van der Waals surface area contributed by atoms with Crippen molar-refractivity contribution in [1.82, 2.24) is 0 Å². The third kappa shape index (κ3) is 4.92. The fourth-order valence-electron chi connectivity index (χ4n) is 2.85. The topological polar surface area (TPSA) is 61.8 Å². The molecule has 2 aromatic rings. The number of ether oxygens (including phenoxy) is 3. The van der Waals surface area contributed by atoms with E-state index in [9.17, 15) is 9.59 Å². The summed E-state index contributed by atoms with van der Waals surface area (Å²) in [5, 5.41) is 0.825. The van der Waals surface area contributed by atoms with Crippen LogP contribution in [0.25, 0.3) is 6.08 Å². The molecule has 0 bridgehead atoms. The first-order valence-corrected chi connectivity index (χ1v) is 9.68. The normalized spacial score (nSPS) is 14.6. The molecule has 7 heteroatoms. The van der Waals surface area contributed by atoms with Crippen LogP contribution >= 0.6 is 23.2 Å². The highest BCUT2D eigenvalue weighted by Crippen LogP contribution is 2.38. The Bertz CT molecular complexity index is 998. The second-order valence-corrected chi connectivity index (χ2v) is 8.38. The summed E-state index contributed by atoms with van der Waals surface area (Å²) in [6.45, 7) is 6.86. The van der Waals surface area contributed by atoms with Gasteiger partial charge in [-0.1, -0.05) is 29.3 Å². The largest absolute Gasteiger partial charge is 0.482 e. The molecule has 3 rings (SSSR count). The van der Waals surface area contributed by atoms with Crippen LogP contribution in [0.2, 0.25) is 10.0 Å². The number of esters is 1. The number of benzene rings is 2. The summed E-state index contributed by atoms with van der Waals surface area (Å²) in [7, 11) is 0. The highest BCUT2D eigenvalue weighted by molar-refractivity contribution is 6.37. The van der Waals surface area contributed by atoms with E-state index in [4.69, 9.17) is 37.4 Å². The van der Waals surface area contributed by atoms with Crippen molar-refractivity contribution in [3.8, 4) is 11.5 Å². The lowest BCUT2D eigenvalue weighted by molar-refractivity contribution is -0.157. The predicted octanol–water partition coefficient (Wildman–Crippen LogP) is 5.64. The molecule has 1 aliphatic rings. The lowest BCUT2D eigenvalue weighted by Gasteiger charge is -2.19. The first kappa shape index (κ1) is 21.2. The van der Waals surface area contributed by atoms with E-state index in [-0.39, 0.29) is 18.1 Å². The van der Waals surface area contributed by atoms with E-state index in [1.807, 2.05) is 0 Å². The zero-order valence-electron chi connectivity index (χ0n) is 16.5. The molecule has 152 valence electrons. The molecule has 0 atom stereocenters. The van der Waals surface area contributed by atoms with Crippen molar-refractivity contribution in [2.45, 2.75) is 33.3 Å². The van der Waals surface area contributed by atoms with Crippen molar-refractivity contribution in [2.75, 3.05) is 6.61 Å². The van der Waals surface area contributed by atoms with E-state index >= 15 is 0 Å². The minimum atomic E-state index is -0.594. The standard InChI is InChI=1S/C22H20Cl2O5/c1-12-8-13(27-11-19(25)29-22(2,3)4)9-17-20(12)21(26)18(28-17)10-14-15(23)6-5-7-16(14)24/h5-10H,11H2,1-4H3/b18-10-. The van der Waals surface area contributed by atoms with Crippen molar-refractivity contribution >= 4 is 41.0 Å². The number of Topliss-reactive ketones (excluding diaryl/α,β-unsaturated/α-hetero) is 1. The average molecular weight is 435 g/mol. The van der Waals surface area contributed by atoms with Gasteiger partial charge in [-0.15, -0.1) is 0 Å². The molecule has 0 radical (unpaired) electrons. The van der Waals surface area contributed by atoms with Gasteiger partial charge in [-0.05, 0) is 57.5 Å². The van der Waals surface area contributed by atoms with Crippen LogP contribution in [-0.2, 0) is 9.53 Å². The fraction of sp³-hybridized carbons (Fsp3) is 0.273. The van der Waals surface area contributed by atoms with E-state index in [1.165, 1.54) is 6.08 Å². The molecule has 0 aromatic heterocycles. The number of aryl methyl sites for hydroxylation is 1. The van der Waals surface area contributed by atoms with Gasteiger partial charge in [0.15, 0.2) is 12.4 Å². The molecule has 0 aliphatic carbocycles. The molecular weight excluding hydrogens is 415 g/mol. The Labute approximate surface area is 179 Å². The Hall–Kier alpha value is -2.50. The summed E-state index contributed by atoms with van der Waals surface area (Å²) in [6.07, 6.45) is 1.52. The van der Waals surface area contributed by atoms with Crippen molar-refractivity contribution in [3.63, 3.8) is 0 Å². The van der Waals surface area contributed by atoms with Crippen molar-refractivity contribution in [3.05, 3.63) is 62.8 Å². The van der Waals surface area contributed by atoms with Gasteiger partial charge < -0.3 is 14.2 Å². The number of carbonyl (C=O) groups excluding carboxylic acids is 2. The first-order chi connectivity index (χ1) is 13.5. The Morgan fingerprint density at radius 3 is 2.45 bits per heavy atom. The molecule has 29 heavy (non-hydrogen) atoms. The third-order valence-electron chi connectivity index (χ3n) is 4.00. The van der Waals surface area contributed by atoms with Gasteiger partial charge in [-0.3, -0.25) is 4.79 Å². The van der Waals surface area contributed by atoms with E-state index in [2.05, 4.69) is 0 Å². The van der Waals surface area contributed by atoms with Gasteiger partial charge in [0.2, 0.25) is 5.78 Å². The molecule has 0 amide bonds. The molecule has 1 aliphatic heterocycles. The number of hydrogen-bond donors (Lipinski definition) is 0. The smallest absolute Gasteiger partial charge is 0.344 e. The quantitative estimate of drug-likeness (QED) is 0.460. The van der Waals surface area contributed by atoms with E-state index < -0.39 is 11.6 Å². The maximum absolute atomic E-state index is 12.8. The molecule has 5 nitrogen and oxygen atoms in total. The Balaban J connectivity index is 1.82. The lowest BCUT2D eigenvalue weighted by Crippen LogP contribution is -2.27. The highest BCUT2D eigenvalue weighted by atomic mass is 35.5. The number of halogens is 2. The molecule has 0 N–H and O–H groups in total. The van der Waals surface area contributed by atoms with Gasteiger partial charge in [0.25, 0.3) is 0 Å². The summed E-state index contributed by atoms with van der Waals surface area (Å²) in [6, 6.07) is 8.33. The average Bonchev–Trinajstić information content (AvgIpc) is 2.91. The predicted molar refractivity (Wildman–Crippen MR) is 112 cm³/mol. The summed E-state index contributed by atoms with van der Waals surface area (Å²) < 4.78 is 16.5. The van der Waals surface area contributed by atoms with Crippen LogP contribution in [0, 0.1) is 6.92 Å². The summed E-state index contributed by atoms with van der Waals surface area (Å²) in [4.78, 5) is 24.6. The Morgan fingerprint density at radius 2 is 1.83 bits per heavy atom. The molecular formula is C22H20Cl2O5. The van der Waals surface area contributed by atoms with Crippen molar-refractivity contribution in [2.24, 2.45) is 0 Å². The zero-order valence-corrected chi connectivity index (χ0v) is 18.0. The summed E-state index contributed by atoms with van der Waals surface area (Å²) in [5.41, 5.74) is 1.01. The molecule has 0 saturated heterocycles. The number of ketones is 1. The molecule has 1 heterocycles. The second kappa shape index (κ2) is 8.09. The Kier molecular flexibility index (Phi) is 5.92. The first-order valence-electron chi connectivity index (χ1n) is 8.93. The number of rotatable bonds is 4. The SMILES string of the molecule is Cc1cc(OCC(=O)OC(C)(C)C)cc2c1C(=O)/C(=C/c1c(Cl)cccc1Cl)O2. The van der Waals surface area contributed by atoms with Gasteiger partial charge in [-0.2, -0.15) is 0 Å². The van der Waals surface area contributed by atoms with Gasteiger partial charge in [-0.25, -0.2) is 4.79 Å². The van der Waals surface area contributed by atoms with E-state index in [1.54, 1.807) is 58.0 Å². The van der Waals surface area contributed by atoms with Crippen LogP contribution in [-0.4, -0.2) is 24.0 Å². The fourth-order valence-corrected chi connectivity index (χ4v) is 3.36. The second-order valence-electron chi connectivity index (χ2n) is 7.56. The van der Waals surface area contributed by atoms with Gasteiger partial charge in [0.05, 0.1) is 5.56 Å². The summed E-state index contributed by atoms with van der Waals surface area (Å²) in [5.74, 6) is 0.108. The minimum Gasteiger partial charge on any atom is -0.482 e. The molecule has 2 aromatic carbocycles. The van der Waals surface area contributed by atoms with E-state index in [0.717, 1.165) is 0 Å². The van der Waals surface area contributed by atoms with Crippen LogP contribution in [0.3, 0.4) is 0 Å². The van der Waals surface area contributed by atoms with Crippen molar-refractivity contribution < 1.29 is 23.8 Å². The van der Waals surface area contributed by atoms with Crippen LogP contribution in [0.1, 0.15) is 42.3 Å². The minimum absolute atomic E-state index is 0.113. The molecule has 0 saturated carbocycles. The molecule has 0 unspecified atom stereocenters. The highest BCUT2D eigenvalue weighted by Gasteiger charge is 2.30. The van der Waals surface area contributed by atoms with Crippen LogP contribution in [0.15, 0.2) is 36.1 Å². The van der Waals surface area contributed by atoms with Crippen LogP contribution in [0.4, 0.5) is 0 Å². The molecule has 0 spiro atoms. The maximum Gasteiger partial charge on any atom is 0.344 e. The van der Waals surface area contributed by atoms with Gasteiger partial charge >= 0.3 is 5.97 Å². The van der Waals surface area contributed by atoms with Crippen molar-refractivity contribution in [1.29, 1.82) is 0 Å². The summed E-state index contributed by atoms with van der Waals surface area (Å²) >= 11 is 12.4. The Morgan fingerprint density at radius 1 is 1.17 bits per heavy atom. The third-order valence-corrected chi connectivity index (χ3v) is 4.65. The number of hydrogen-bond acceptors (Lipinski definition) is 5. The lowest BCUT2D eigenvalue weighted by atomic mass is 10.0. The van der Waals surface area contributed by atoms with Gasteiger partial charge in [0.1, 0.15) is 17.1 Å². The van der Waals surface area contributed by atoms with Crippen LogP contribution in [0.5, 0.6) is 11.5 Å². The monoisotopic (exact) mass is 434 g/mol. The maximum atomic E-state index is 12.8. The zero-order chi connectivity index (χ0) is 21.3. The number of allylic oxidation sites excluding steroid dienone is 1. The van der Waals surface area contributed by atoms with Crippen LogP contribution < -0.4 is 9.47 Å². The van der Waals surface area contributed by atoms with E-state index in [0.29, 0.717) is 38.2 Å². The molecule has 0 fully saturated rings. The number of fused-ring (bicyclic) bond motifs is 1.